The molecular weight excluding hydrogens is 263 g/mol. The Bertz CT molecular complexity index is 332. The summed E-state index contributed by atoms with van der Waals surface area (Å²) in [6, 6.07) is 4.21. The third kappa shape index (κ3) is 3.51. The maximum Gasteiger partial charge on any atom is 0.128 e. The molecule has 0 aliphatic heterocycles. The molecule has 72 valence electrons. The van der Waals surface area contributed by atoms with E-state index in [1.54, 1.807) is 0 Å². The van der Waals surface area contributed by atoms with Crippen molar-refractivity contribution < 1.29 is 17.3 Å². The molecule has 0 fully saturated rings. The molecular formula is C7H5BrFO3S-. The molecule has 1 rings (SSSR count). The molecule has 0 radical (unpaired) electrons. The first-order chi connectivity index (χ1) is 6.09. The van der Waals surface area contributed by atoms with Crippen LogP contribution in [0.2, 0.25) is 0 Å². The lowest BCUT2D eigenvalue weighted by molar-refractivity contribution is 0.286. The van der Waals surface area contributed by atoms with Crippen molar-refractivity contribution in [2.75, 3.05) is 0 Å². The molecule has 0 heterocycles. The van der Waals surface area contributed by atoms with E-state index in [-0.39, 0.29) is 12.2 Å². The summed E-state index contributed by atoms with van der Waals surface area (Å²) in [5.74, 6) is -0.492. The van der Waals surface area contributed by atoms with Crippen molar-refractivity contribution in [3.8, 4) is 0 Å². The largest absolute Gasteiger partial charge is 0.750 e. The quantitative estimate of drug-likeness (QED) is 0.786. The van der Waals surface area contributed by atoms with Gasteiger partial charge in [0.05, 0.1) is 18.0 Å². The summed E-state index contributed by atoms with van der Waals surface area (Å²) in [5.41, 5.74) is 0.193. The average Bonchev–Trinajstić information content (AvgIpc) is 2.06. The molecule has 0 bridgehead atoms. The Balaban J connectivity index is 2.75. The third-order valence-electron chi connectivity index (χ3n) is 1.32. The monoisotopic (exact) mass is 267 g/mol. The zero-order chi connectivity index (χ0) is 9.84. The fourth-order valence-corrected chi connectivity index (χ4v) is 1.40. The van der Waals surface area contributed by atoms with Crippen LogP contribution >= 0.6 is 15.9 Å². The second kappa shape index (κ2) is 4.80. The highest BCUT2D eigenvalue weighted by atomic mass is 79.9. The molecule has 1 atom stereocenters. The van der Waals surface area contributed by atoms with E-state index in [4.69, 9.17) is 0 Å². The minimum Gasteiger partial charge on any atom is -0.750 e. The Morgan fingerprint density at radius 1 is 1.62 bits per heavy atom. The zero-order valence-electron chi connectivity index (χ0n) is 6.33. The lowest BCUT2D eigenvalue weighted by Crippen LogP contribution is -1.98. The predicted molar refractivity (Wildman–Crippen MR) is 47.8 cm³/mol. The lowest BCUT2D eigenvalue weighted by atomic mass is 10.2. The summed E-state index contributed by atoms with van der Waals surface area (Å²) >= 11 is 0.514. The van der Waals surface area contributed by atoms with Crippen LogP contribution in [-0.2, 0) is 22.2 Å². The molecule has 0 saturated heterocycles. The normalized spacial score (nSPS) is 12.8. The summed E-state index contributed by atoms with van der Waals surface area (Å²) < 4.78 is 37.8. The minimum atomic E-state index is -2.61. The highest BCUT2D eigenvalue weighted by Crippen LogP contribution is 2.16. The maximum atomic E-state index is 12.9. The SMILES string of the molecule is O=S([O-])OCc1cc(Br)ccc1F. The maximum absolute atomic E-state index is 12.9. The van der Waals surface area contributed by atoms with Gasteiger partial charge >= 0.3 is 0 Å². The average molecular weight is 268 g/mol. The van der Waals surface area contributed by atoms with Gasteiger partial charge in [-0.05, 0) is 18.2 Å². The van der Waals surface area contributed by atoms with E-state index in [9.17, 15) is 13.2 Å². The van der Waals surface area contributed by atoms with Crippen molar-refractivity contribution in [3.05, 3.63) is 34.1 Å². The van der Waals surface area contributed by atoms with Crippen molar-refractivity contribution >= 4 is 27.3 Å². The van der Waals surface area contributed by atoms with Gasteiger partial charge in [0.15, 0.2) is 0 Å². The number of benzene rings is 1. The Morgan fingerprint density at radius 2 is 2.31 bits per heavy atom. The van der Waals surface area contributed by atoms with Gasteiger partial charge in [0, 0.05) is 10.0 Å². The van der Waals surface area contributed by atoms with Crippen LogP contribution in [0.5, 0.6) is 0 Å². The van der Waals surface area contributed by atoms with Gasteiger partial charge in [-0.1, -0.05) is 15.9 Å². The van der Waals surface area contributed by atoms with Crippen LogP contribution in [0.15, 0.2) is 22.7 Å². The van der Waals surface area contributed by atoms with Gasteiger partial charge < -0.3 is 4.55 Å². The molecule has 3 nitrogen and oxygen atoms in total. The minimum absolute atomic E-state index is 0.193. The molecule has 1 unspecified atom stereocenters. The fraction of sp³-hybridized carbons (Fsp3) is 0.143. The Labute approximate surface area is 85.5 Å². The van der Waals surface area contributed by atoms with E-state index < -0.39 is 17.2 Å². The standard InChI is InChI=1S/C7H6BrFO3S/c8-6-1-2-7(9)5(3-6)4-12-13(10)11/h1-3H,4H2,(H,10,11)/p-1. The number of hydrogen-bond acceptors (Lipinski definition) is 3. The highest BCUT2D eigenvalue weighted by molar-refractivity contribution is 9.10. The summed E-state index contributed by atoms with van der Waals surface area (Å²) in [6.45, 7) is -0.290. The molecule has 0 spiro atoms. The molecule has 0 amide bonds. The van der Waals surface area contributed by atoms with E-state index in [2.05, 4.69) is 20.1 Å². The summed E-state index contributed by atoms with van der Waals surface area (Å²) in [6.07, 6.45) is 0. The first-order valence-corrected chi connectivity index (χ1v) is 5.05. The van der Waals surface area contributed by atoms with Gasteiger partial charge in [-0.3, -0.25) is 4.18 Å². The van der Waals surface area contributed by atoms with Crippen LogP contribution in [0.25, 0.3) is 0 Å². The Hall–Kier alpha value is -0.300. The molecule has 0 aliphatic carbocycles. The topological polar surface area (TPSA) is 49.4 Å². The number of halogens is 2. The number of rotatable bonds is 3. The van der Waals surface area contributed by atoms with E-state index >= 15 is 0 Å². The Kier molecular flexibility index (Phi) is 3.98. The van der Waals surface area contributed by atoms with Gasteiger partial charge in [0.25, 0.3) is 0 Å². The van der Waals surface area contributed by atoms with Gasteiger partial charge in [0.1, 0.15) is 5.82 Å². The Morgan fingerprint density at radius 3 is 2.92 bits per heavy atom. The van der Waals surface area contributed by atoms with Gasteiger partial charge in [-0.25, -0.2) is 8.60 Å². The molecule has 6 heteroatoms. The van der Waals surface area contributed by atoms with Crippen molar-refractivity contribution in [1.82, 2.24) is 0 Å². The van der Waals surface area contributed by atoms with Crippen molar-refractivity contribution in [3.63, 3.8) is 0 Å². The summed E-state index contributed by atoms with van der Waals surface area (Å²) in [4.78, 5) is 0. The molecule has 13 heavy (non-hydrogen) atoms. The van der Waals surface area contributed by atoms with E-state index in [1.165, 1.54) is 18.2 Å². The van der Waals surface area contributed by atoms with Crippen LogP contribution in [0.1, 0.15) is 5.56 Å². The smallest absolute Gasteiger partial charge is 0.128 e. The highest BCUT2D eigenvalue weighted by Gasteiger charge is 2.02. The second-order valence-electron chi connectivity index (χ2n) is 2.20. The fourth-order valence-electron chi connectivity index (χ4n) is 0.766. The molecule has 0 aromatic heterocycles. The van der Waals surface area contributed by atoms with E-state index in [1.807, 2.05) is 0 Å². The number of hydrogen-bond donors (Lipinski definition) is 0. The van der Waals surface area contributed by atoms with Crippen LogP contribution in [0.4, 0.5) is 4.39 Å². The molecule has 1 aromatic carbocycles. The van der Waals surface area contributed by atoms with Gasteiger partial charge in [0.2, 0.25) is 0 Å². The molecule has 0 saturated carbocycles. The van der Waals surface area contributed by atoms with Crippen LogP contribution in [0.3, 0.4) is 0 Å². The van der Waals surface area contributed by atoms with Crippen molar-refractivity contribution in [2.24, 2.45) is 0 Å². The first kappa shape index (κ1) is 10.8. The zero-order valence-corrected chi connectivity index (χ0v) is 8.73. The molecule has 1 aromatic rings. The summed E-state index contributed by atoms with van der Waals surface area (Å²) in [5, 5.41) is 0. The third-order valence-corrected chi connectivity index (χ3v) is 2.12. The van der Waals surface area contributed by atoms with Gasteiger partial charge in [-0.2, -0.15) is 0 Å². The van der Waals surface area contributed by atoms with E-state index in [0.29, 0.717) is 4.47 Å². The molecule has 0 N–H and O–H groups in total. The van der Waals surface area contributed by atoms with Crippen LogP contribution in [0, 0.1) is 5.82 Å². The van der Waals surface area contributed by atoms with E-state index in [0.717, 1.165) is 0 Å². The lowest BCUT2D eigenvalue weighted by Gasteiger charge is -2.06. The molecule has 0 aliphatic rings. The van der Waals surface area contributed by atoms with Crippen LogP contribution < -0.4 is 0 Å². The predicted octanol–water partition coefficient (Wildman–Crippen LogP) is 1.90. The summed E-state index contributed by atoms with van der Waals surface area (Å²) in [7, 11) is 0. The van der Waals surface area contributed by atoms with Crippen molar-refractivity contribution in [1.29, 1.82) is 0 Å². The van der Waals surface area contributed by atoms with Crippen LogP contribution in [-0.4, -0.2) is 8.76 Å². The second-order valence-corrected chi connectivity index (χ2v) is 3.76. The van der Waals surface area contributed by atoms with Gasteiger partial charge in [-0.15, -0.1) is 0 Å². The van der Waals surface area contributed by atoms with Crippen molar-refractivity contribution in [2.45, 2.75) is 6.61 Å². The first-order valence-electron chi connectivity index (χ1n) is 3.26.